The molecule has 0 unspecified atom stereocenters. The van der Waals surface area contributed by atoms with E-state index in [1.54, 1.807) is 24.5 Å². The second kappa shape index (κ2) is 13.6. The first-order valence-corrected chi connectivity index (χ1v) is 16.3. The standard InChI is InChI=1S/C32H27Br2ClN2O5S/c1-4-40-23-12-10-19(11-13-23)28-27(31(39)41-5-2)18(3)36-32-37(28)30(38)26(43-32)15-21-14-22(33)16-24(34)29(21)42-17-20-8-6-7-9-25(20)35/h6-16,28H,4-5,17H2,1-3H3/b26-15-/t28-/m0/s1. The molecule has 4 aromatic rings. The molecule has 1 aliphatic rings. The maximum atomic E-state index is 14.1. The number of rotatable bonds is 9. The summed E-state index contributed by atoms with van der Waals surface area (Å²) < 4.78 is 20.7. The zero-order valence-corrected chi connectivity index (χ0v) is 28.3. The van der Waals surface area contributed by atoms with E-state index >= 15 is 0 Å². The fourth-order valence-electron chi connectivity index (χ4n) is 4.77. The van der Waals surface area contributed by atoms with E-state index in [9.17, 15) is 9.59 Å². The van der Waals surface area contributed by atoms with Crippen molar-refractivity contribution < 1.29 is 19.0 Å². The number of halogens is 3. The summed E-state index contributed by atoms with van der Waals surface area (Å²) in [4.78, 5) is 32.5. The molecule has 0 amide bonds. The fraction of sp³-hybridized carbons (Fsp3) is 0.219. The molecule has 0 fully saturated rings. The molecule has 1 atom stereocenters. The Kier molecular flexibility index (Phi) is 9.91. The highest BCUT2D eigenvalue weighted by Crippen LogP contribution is 2.35. The normalized spacial score (nSPS) is 14.7. The van der Waals surface area contributed by atoms with Gasteiger partial charge in [-0.25, -0.2) is 9.79 Å². The van der Waals surface area contributed by atoms with Crippen LogP contribution >= 0.6 is 54.8 Å². The van der Waals surface area contributed by atoms with Gasteiger partial charge in [0.15, 0.2) is 4.80 Å². The lowest BCUT2D eigenvalue weighted by Gasteiger charge is -2.24. The van der Waals surface area contributed by atoms with Gasteiger partial charge >= 0.3 is 5.97 Å². The van der Waals surface area contributed by atoms with Gasteiger partial charge in [-0.15, -0.1) is 0 Å². The van der Waals surface area contributed by atoms with Crippen LogP contribution < -0.4 is 24.4 Å². The molecular formula is C32H27Br2ClN2O5S. The lowest BCUT2D eigenvalue weighted by atomic mass is 9.96. The van der Waals surface area contributed by atoms with Crippen molar-refractivity contribution >= 4 is 66.8 Å². The van der Waals surface area contributed by atoms with Crippen LogP contribution in [0.15, 0.2) is 90.7 Å². The van der Waals surface area contributed by atoms with E-state index in [2.05, 4.69) is 36.9 Å². The average Bonchev–Trinajstić information content (AvgIpc) is 3.27. The summed E-state index contributed by atoms with van der Waals surface area (Å²) in [6, 6.07) is 17.9. The van der Waals surface area contributed by atoms with E-state index in [-0.39, 0.29) is 18.8 Å². The third kappa shape index (κ3) is 6.67. The van der Waals surface area contributed by atoms with Crippen LogP contribution in [0.25, 0.3) is 6.08 Å². The highest BCUT2D eigenvalue weighted by molar-refractivity contribution is 9.11. The van der Waals surface area contributed by atoms with Gasteiger partial charge in [0.25, 0.3) is 5.56 Å². The molecule has 2 heterocycles. The van der Waals surface area contributed by atoms with Crippen molar-refractivity contribution in [2.24, 2.45) is 4.99 Å². The van der Waals surface area contributed by atoms with E-state index < -0.39 is 12.0 Å². The molecule has 11 heteroatoms. The maximum Gasteiger partial charge on any atom is 0.338 e. The summed E-state index contributed by atoms with van der Waals surface area (Å²) in [6.45, 7) is 6.38. The van der Waals surface area contributed by atoms with E-state index in [1.807, 2.05) is 67.6 Å². The Bertz CT molecular complexity index is 1900. The van der Waals surface area contributed by atoms with Crippen LogP contribution in [0.3, 0.4) is 0 Å². The maximum absolute atomic E-state index is 14.1. The molecule has 0 N–H and O–H groups in total. The van der Waals surface area contributed by atoms with Gasteiger partial charge in [0.1, 0.15) is 18.1 Å². The monoisotopic (exact) mass is 744 g/mol. The molecular weight excluding hydrogens is 720 g/mol. The number of thiazole rings is 1. The van der Waals surface area contributed by atoms with Crippen molar-refractivity contribution in [3.63, 3.8) is 0 Å². The summed E-state index contributed by atoms with van der Waals surface area (Å²) >= 11 is 14.8. The van der Waals surface area contributed by atoms with Gasteiger partial charge in [-0.2, -0.15) is 0 Å². The lowest BCUT2D eigenvalue weighted by molar-refractivity contribution is -0.139. The molecule has 0 radical (unpaired) electrons. The van der Waals surface area contributed by atoms with E-state index in [0.717, 1.165) is 15.6 Å². The predicted octanol–water partition coefficient (Wildman–Crippen LogP) is 6.95. The van der Waals surface area contributed by atoms with Crippen molar-refractivity contribution in [1.29, 1.82) is 0 Å². The Balaban J connectivity index is 1.64. The smallest absolute Gasteiger partial charge is 0.338 e. The third-order valence-corrected chi connectivity index (χ3v) is 9.08. The second-order valence-corrected chi connectivity index (χ2v) is 12.7. The number of hydrogen-bond donors (Lipinski definition) is 0. The molecule has 43 heavy (non-hydrogen) atoms. The van der Waals surface area contributed by atoms with E-state index in [0.29, 0.717) is 53.8 Å². The van der Waals surface area contributed by atoms with Gasteiger partial charge in [-0.1, -0.05) is 69.2 Å². The van der Waals surface area contributed by atoms with E-state index in [4.69, 9.17) is 25.8 Å². The SMILES string of the molecule is CCOC(=O)C1=C(C)N=c2s/c(=C\c3cc(Br)cc(Br)c3OCc3ccccc3Cl)c(=O)n2[C@H]1c1ccc(OCC)cc1. The number of hydrogen-bond acceptors (Lipinski definition) is 7. The first kappa shape index (κ1) is 31.3. The Hall–Kier alpha value is -3.18. The first-order chi connectivity index (χ1) is 20.7. The minimum Gasteiger partial charge on any atom is -0.494 e. The van der Waals surface area contributed by atoms with Crippen LogP contribution in [-0.4, -0.2) is 23.8 Å². The van der Waals surface area contributed by atoms with Crippen molar-refractivity contribution in [2.45, 2.75) is 33.4 Å². The summed E-state index contributed by atoms with van der Waals surface area (Å²) in [6.07, 6.45) is 1.78. The Morgan fingerprint density at radius 1 is 1.07 bits per heavy atom. The molecule has 0 saturated heterocycles. The third-order valence-electron chi connectivity index (χ3n) is 6.68. The fourth-order valence-corrected chi connectivity index (χ4v) is 7.37. The topological polar surface area (TPSA) is 79.1 Å². The Labute approximate surface area is 274 Å². The molecule has 0 saturated carbocycles. The summed E-state index contributed by atoms with van der Waals surface area (Å²) in [5.41, 5.74) is 2.78. The molecule has 1 aliphatic heterocycles. The van der Waals surface area contributed by atoms with Gasteiger partial charge in [0.2, 0.25) is 0 Å². The number of fused-ring (bicyclic) bond motifs is 1. The molecule has 7 nitrogen and oxygen atoms in total. The van der Waals surface area contributed by atoms with Crippen molar-refractivity contribution in [3.8, 4) is 11.5 Å². The van der Waals surface area contributed by atoms with Crippen LogP contribution in [0, 0.1) is 0 Å². The van der Waals surface area contributed by atoms with Crippen molar-refractivity contribution in [2.75, 3.05) is 13.2 Å². The Morgan fingerprint density at radius 3 is 2.51 bits per heavy atom. The van der Waals surface area contributed by atoms with E-state index in [1.165, 1.54) is 11.3 Å². The lowest BCUT2D eigenvalue weighted by Crippen LogP contribution is -2.39. The zero-order valence-electron chi connectivity index (χ0n) is 23.5. The van der Waals surface area contributed by atoms with Crippen LogP contribution in [0.5, 0.6) is 11.5 Å². The number of esters is 1. The van der Waals surface area contributed by atoms with Crippen molar-refractivity contribution in [1.82, 2.24) is 4.57 Å². The molecule has 222 valence electrons. The predicted molar refractivity (Wildman–Crippen MR) is 176 cm³/mol. The summed E-state index contributed by atoms with van der Waals surface area (Å²) in [7, 11) is 0. The minimum atomic E-state index is -0.724. The van der Waals surface area contributed by atoms with Crippen LogP contribution in [0.2, 0.25) is 5.02 Å². The van der Waals surface area contributed by atoms with Gasteiger partial charge < -0.3 is 14.2 Å². The van der Waals surface area contributed by atoms with Crippen LogP contribution in [-0.2, 0) is 16.1 Å². The second-order valence-electron chi connectivity index (χ2n) is 9.49. The highest BCUT2D eigenvalue weighted by atomic mass is 79.9. The quantitative estimate of drug-likeness (QED) is 0.173. The Morgan fingerprint density at radius 2 is 1.81 bits per heavy atom. The molecule has 0 spiro atoms. The molecule has 1 aromatic heterocycles. The van der Waals surface area contributed by atoms with Crippen LogP contribution in [0.4, 0.5) is 0 Å². The average molecular weight is 747 g/mol. The van der Waals surface area contributed by atoms with Gasteiger partial charge in [0, 0.05) is 20.6 Å². The first-order valence-electron chi connectivity index (χ1n) is 13.5. The number of carbonyl (C=O) groups is 1. The van der Waals surface area contributed by atoms with Gasteiger partial charge in [-0.05, 0) is 78.7 Å². The minimum absolute atomic E-state index is 0.199. The zero-order chi connectivity index (χ0) is 30.7. The summed E-state index contributed by atoms with van der Waals surface area (Å²) in [5, 5.41) is 0.604. The highest BCUT2D eigenvalue weighted by Gasteiger charge is 2.33. The number of carbonyl (C=O) groups excluding carboxylic acids is 1. The van der Waals surface area contributed by atoms with Crippen LogP contribution in [0.1, 0.15) is 43.5 Å². The molecule has 0 bridgehead atoms. The molecule has 0 aliphatic carbocycles. The summed E-state index contributed by atoms with van der Waals surface area (Å²) in [5.74, 6) is 0.741. The molecule has 3 aromatic carbocycles. The van der Waals surface area contributed by atoms with Gasteiger partial charge in [-0.3, -0.25) is 9.36 Å². The number of benzene rings is 3. The van der Waals surface area contributed by atoms with Crippen molar-refractivity contribution in [3.05, 3.63) is 122 Å². The number of aromatic nitrogens is 1. The number of ether oxygens (including phenoxy) is 3. The molecule has 5 rings (SSSR count). The number of allylic oxidation sites excluding steroid dienone is 1. The number of nitrogens with zero attached hydrogens (tertiary/aromatic N) is 2. The largest absolute Gasteiger partial charge is 0.494 e. The van der Waals surface area contributed by atoms with Gasteiger partial charge in [0.05, 0.1) is 39.5 Å².